The molecule has 2 aromatic heterocycles. The van der Waals surface area contributed by atoms with Crippen molar-refractivity contribution in [2.45, 2.75) is 37.8 Å². The lowest BCUT2D eigenvalue weighted by Gasteiger charge is -2.27. The molecular weight excluding hydrogens is 390 g/mol. The van der Waals surface area contributed by atoms with E-state index in [1.807, 2.05) is 11.6 Å². The normalized spacial score (nSPS) is 15.0. The van der Waals surface area contributed by atoms with Crippen LogP contribution in [0.3, 0.4) is 0 Å². The molecule has 0 saturated heterocycles. The summed E-state index contributed by atoms with van der Waals surface area (Å²) in [5, 5.41) is 4.59. The fraction of sp³-hybridized carbons (Fsp3) is 0.333. The van der Waals surface area contributed by atoms with Crippen LogP contribution in [0, 0.1) is 11.6 Å². The predicted molar refractivity (Wildman–Crippen MR) is 95.7 cm³/mol. The van der Waals surface area contributed by atoms with Crippen LogP contribution in [0.2, 0.25) is 0 Å². The van der Waals surface area contributed by atoms with Gasteiger partial charge in [-0.25, -0.2) is 22.2 Å². The van der Waals surface area contributed by atoms with Gasteiger partial charge in [0.05, 0.1) is 4.90 Å². The lowest BCUT2D eigenvalue weighted by molar-refractivity contribution is 0.382. The first-order chi connectivity index (χ1) is 13.4. The first kappa shape index (κ1) is 18.8. The van der Waals surface area contributed by atoms with Crippen molar-refractivity contribution in [1.29, 1.82) is 0 Å². The summed E-state index contributed by atoms with van der Waals surface area (Å²) in [6.45, 7) is 2.97. The van der Waals surface area contributed by atoms with Crippen LogP contribution in [0.5, 0.6) is 0 Å². The van der Waals surface area contributed by atoms with Crippen LogP contribution in [-0.2, 0) is 29.5 Å². The van der Waals surface area contributed by atoms with Crippen LogP contribution in [0.1, 0.15) is 24.6 Å². The average Bonchev–Trinajstić information content (AvgIpc) is 3.29. The minimum atomic E-state index is -4.07. The molecule has 0 bridgehead atoms. The Bertz CT molecular complexity index is 1090. The number of aryl methyl sites for hydroxylation is 1. The molecule has 0 radical (unpaired) electrons. The lowest BCUT2D eigenvalue weighted by atomic mass is 10.1. The van der Waals surface area contributed by atoms with Gasteiger partial charge in [-0.15, -0.1) is 0 Å². The van der Waals surface area contributed by atoms with Gasteiger partial charge in [0.25, 0.3) is 0 Å². The number of rotatable bonds is 5. The van der Waals surface area contributed by atoms with Crippen molar-refractivity contribution in [3.8, 4) is 11.4 Å². The van der Waals surface area contributed by atoms with Crippen LogP contribution in [-0.4, -0.2) is 34.0 Å². The second kappa shape index (κ2) is 7.10. The number of halogens is 2. The van der Waals surface area contributed by atoms with E-state index < -0.39 is 26.6 Å². The maximum Gasteiger partial charge on any atom is 0.243 e. The molecule has 4 rings (SSSR count). The van der Waals surface area contributed by atoms with Gasteiger partial charge in [0, 0.05) is 43.4 Å². The fourth-order valence-electron chi connectivity index (χ4n) is 3.43. The van der Waals surface area contributed by atoms with Crippen molar-refractivity contribution in [3.63, 3.8) is 0 Å². The van der Waals surface area contributed by atoms with Crippen molar-refractivity contribution >= 4 is 10.0 Å². The number of hydrogen-bond donors (Lipinski definition) is 0. The first-order valence-electron chi connectivity index (χ1n) is 8.83. The predicted octanol–water partition coefficient (Wildman–Crippen LogP) is 2.97. The van der Waals surface area contributed by atoms with Gasteiger partial charge in [0.15, 0.2) is 6.39 Å². The Labute approximate surface area is 160 Å². The van der Waals surface area contributed by atoms with Gasteiger partial charge in [-0.1, -0.05) is 6.92 Å². The Hall–Kier alpha value is -2.59. The Morgan fingerprint density at radius 2 is 1.96 bits per heavy atom. The third kappa shape index (κ3) is 3.22. The lowest BCUT2D eigenvalue weighted by Crippen LogP contribution is -2.36. The molecule has 1 aromatic carbocycles. The Balaban J connectivity index is 1.75. The zero-order chi connectivity index (χ0) is 19.9. The molecule has 0 unspecified atom stereocenters. The van der Waals surface area contributed by atoms with E-state index in [0.29, 0.717) is 30.4 Å². The van der Waals surface area contributed by atoms with Crippen molar-refractivity contribution in [2.24, 2.45) is 0 Å². The summed E-state index contributed by atoms with van der Waals surface area (Å²) in [5.41, 5.74) is 2.75. The highest BCUT2D eigenvalue weighted by atomic mass is 32.2. The van der Waals surface area contributed by atoms with E-state index in [9.17, 15) is 17.2 Å². The van der Waals surface area contributed by atoms with Gasteiger partial charge in [0.2, 0.25) is 10.0 Å². The molecule has 7 nitrogen and oxygen atoms in total. The quantitative estimate of drug-likeness (QED) is 0.648. The van der Waals surface area contributed by atoms with E-state index in [4.69, 9.17) is 4.42 Å². The highest BCUT2D eigenvalue weighted by molar-refractivity contribution is 7.89. The molecule has 1 aliphatic rings. The summed E-state index contributed by atoms with van der Waals surface area (Å²) in [7, 11) is -4.07. The zero-order valence-electron chi connectivity index (χ0n) is 15.1. The summed E-state index contributed by atoms with van der Waals surface area (Å²) in [5.74, 6) is -1.87. The van der Waals surface area contributed by atoms with E-state index >= 15 is 0 Å². The minimum absolute atomic E-state index is 0.0434. The van der Waals surface area contributed by atoms with Crippen molar-refractivity contribution in [1.82, 2.24) is 19.1 Å². The average molecular weight is 408 g/mol. The molecule has 10 heteroatoms. The third-order valence-corrected chi connectivity index (χ3v) is 6.51. The third-order valence-electron chi connectivity index (χ3n) is 4.68. The summed E-state index contributed by atoms with van der Waals surface area (Å²) in [6.07, 6.45) is 4.05. The van der Waals surface area contributed by atoms with Crippen LogP contribution in [0.15, 0.2) is 40.2 Å². The van der Waals surface area contributed by atoms with Gasteiger partial charge < -0.3 is 4.42 Å². The van der Waals surface area contributed by atoms with Crippen LogP contribution >= 0.6 is 0 Å². The van der Waals surface area contributed by atoms with Gasteiger partial charge in [-0.05, 0) is 18.6 Å². The number of nitrogens with zero attached hydrogens (tertiary/aromatic N) is 4. The number of fused-ring (bicyclic) bond motifs is 1. The number of oxazole rings is 1. The molecule has 1 aliphatic heterocycles. The summed E-state index contributed by atoms with van der Waals surface area (Å²) in [6, 6.07) is 2.30. The number of sulfonamides is 1. The standard InChI is InChI=1S/C18H18F2N4O3S/c1-2-4-24-17-3-5-23(9-15(17)18(22-24)16-10-27-11-21-16)28(25,26)14-7-12(19)6-13(20)8-14/h6-8,10-11H,2-5,9H2,1H3. The summed E-state index contributed by atoms with van der Waals surface area (Å²) in [4.78, 5) is 3.72. The Morgan fingerprint density at radius 1 is 1.21 bits per heavy atom. The molecule has 0 amide bonds. The fourth-order valence-corrected chi connectivity index (χ4v) is 4.88. The van der Waals surface area contributed by atoms with Crippen molar-refractivity contribution < 1.29 is 21.6 Å². The highest BCUT2D eigenvalue weighted by Gasteiger charge is 2.33. The van der Waals surface area contributed by atoms with E-state index in [1.165, 1.54) is 17.0 Å². The Morgan fingerprint density at radius 3 is 2.61 bits per heavy atom. The van der Waals surface area contributed by atoms with Crippen LogP contribution in [0.25, 0.3) is 11.4 Å². The molecule has 0 N–H and O–H groups in total. The van der Waals surface area contributed by atoms with Crippen LogP contribution < -0.4 is 0 Å². The van der Waals surface area contributed by atoms with Gasteiger partial charge >= 0.3 is 0 Å². The minimum Gasteiger partial charge on any atom is -0.451 e. The SMILES string of the molecule is CCCn1nc(-c2cocn2)c2c1CCN(S(=O)(=O)c1cc(F)cc(F)c1)C2. The van der Waals surface area contributed by atoms with Crippen molar-refractivity contribution in [3.05, 3.63) is 53.7 Å². The topological polar surface area (TPSA) is 81.2 Å². The van der Waals surface area contributed by atoms with E-state index in [1.54, 1.807) is 0 Å². The molecule has 0 spiro atoms. The second-order valence-corrected chi connectivity index (χ2v) is 8.50. The second-order valence-electron chi connectivity index (χ2n) is 6.56. The molecule has 28 heavy (non-hydrogen) atoms. The molecule has 3 heterocycles. The number of aromatic nitrogens is 3. The molecular formula is C18H18F2N4O3S. The van der Waals surface area contributed by atoms with E-state index in [2.05, 4.69) is 10.1 Å². The molecule has 0 aliphatic carbocycles. The van der Waals surface area contributed by atoms with Gasteiger partial charge in [0.1, 0.15) is 29.3 Å². The van der Waals surface area contributed by atoms with E-state index in [0.717, 1.165) is 29.8 Å². The maximum absolute atomic E-state index is 13.5. The van der Waals surface area contributed by atoms with Gasteiger partial charge in [-0.2, -0.15) is 9.40 Å². The largest absolute Gasteiger partial charge is 0.451 e. The highest BCUT2D eigenvalue weighted by Crippen LogP contribution is 2.32. The van der Waals surface area contributed by atoms with Crippen LogP contribution in [0.4, 0.5) is 8.78 Å². The summed E-state index contributed by atoms with van der Waals surface area (Å²) >= 11 is 0. The van der Waals surface area contributed by atoms with Crippen molar-refractivity contribution in [2.75, 3.05) is 6.54 Å². The molecule has 3 aromatic rings. The molecule has 148 valence electrons. The Kier molecular flexibility index (Phi) is 4.76. The monoisotopic (exact) mass is 408 g/mol. The van der Waals surface area contributed by atoms with Gasteiger partial charge in [-0.3, -0.25) is 4.68 Å². The van der Waals surface area contributed by atoms with E-state index in [-0.39, 0.29) is 13.1 Å². The molecule has 0 fully saturated rings. The smallest absolute Gasteiger partial charge is 0.243 e. The maximum atomic E-state index is 13.5. The summed E-state index contributed by atoms with van der Waals surface area (Å²) < 4.78 is 61.1. The first-order valence-corrected chi connectivity index (χ1v) is 10.3. The molecule has 0 saturated carbocycles. The number of hydrogen-bond acceptors (Lipinski definition) is 5. The number of benzene rings is 1. The molecule has 0 atom stereocenters. The zero-order valence-corrected chi connectivity index (χ0v) is 15.9.